The van der Waals surface area contributed by atoms with Crippen molar-refractivity contribution in [2.45, 2.75) is 6.92 Å². The first kappa shape index (κ1) is 12.6. The summed E-state index contributed by atoms with van der Waals surface area (Å²) in [6.45, 7) is 2.41. The van der Waals surface area contributed by atoms with E-state index in [0.29, 0.717) is 17.4 Å². The highest BCUT2D eigenvalue weighted by Gasteiger charge is 1.97. The van der Waals surface area contributed by atoms with Crippen LogP contribution in [0.25, 0.3) is 0 Å². The van der Waals surface area contributed by atoms with Crippen LogP contribution in [0.4, 0.5) is 0 Å². The number of hydrogen-bond donors (Lipinski definition) is 0. The normalized spacial score (nSPS) is 10.4. The van der Waals surface area contributed by atoms with Crippen molar-refractivity contribution in [1.29, 1.82) is 0 Å². The Morgan fingerprint density at radius 3 is 2.88 bits per heavy atom. The molecule has 1 rings (SSSR count). The molecule has 0 bridgehead atoms. The molecule has 0 saturated carbocycles. The topological polar surface area (TPSA) is 35.5 Å². The monoisotopic (exact) mass is 240 g/mol. The summed E-state index contributed by atoms with van der Waals surface area (Å²) in [5.41, 5.74) is 0. The van der Waals surface area contributed by atoms with Gasteiger partial charge in [-0.1, -0.05) is 23.7 Å². The summed E-state index contributed by atoms with van der Waals surface area (Å²) in [7, 11) is 0. The molecule has 0 aromatic heterocycles. The smallest absolute Gasteiger partial charge is 0.330 e. The molecule has 1 aromatic rings. The second-order valence-electron chi connectivity index (χ2n) is 2.90. The highest BCUT2D eigenvalue weighted by atomic mass is 35.5. The quantitative estimate of drug-likeness (QED) is 0.587. The largest absolute Gasteiger partial charge is 0.488 e. The number of carbonyl (C=O) groups is 1. The molecule has 0 heterocycles. The molecule has 0 radical (unpaired) electrons. The van der Waals surface area contributed by atoms with Gasteiger partial charge >= 0.3 is 5.97 Å². The Morgan fingerprint density at radius 2 is 2.19 bits per heavy atom. The molecule has 0 aliphatic rings. The highest BCUT2D eigenvalue weighted by molar-refractivity contribution is 6.32. The van der Waals surface area contributed by atoms with Gasteiger partial charge < -0.3 is 9.47 Å². The van der Waals surface area contributed by atoms with E-state index in [1.807, 2.05) is 12.1 Å². The van der Waals surface area contributed by atoms with Crippen LogP contribution in [0.3, 0.4) is 0 Å². The van der Waals surface area contributed by atoms with Crippen LogP contribution in [0, 0.1) is 0 Å². The molecule has 0 amide bonds. The molecule has 0 spiro atoms. The predicted octanol–water partition coefficient (Wildman–Crippen LogP) is 2.84. The van der Waals surface area contributed by atoms with Crippen molar-refractivity contribution in [3.8, 4) is 5.75 Å². The molecule has 1 aromatic carbocycles. The maximum absolute atomic E-state index is 10.9. The molecule has 3 nitrogen and oxygen atoms in total. The minimum atomic E-state index is -0.370. The summed E-state index contributed by atoms with van der Waals surface area (Å²) < 4.78 is 10.0. The van der Waals surface area contributed by atoms with E-state index in [4.69, 9.17) is 21.1 Å². The van der Waals surface area contributed by atoms with Gasteiger partial charge in [-0.15, -0.1) is 0 Å². The molecule has 86 valence electrons. The molecule has 0 saturated heterocycles. The Hall–Kier alpha value is -1.48. The second-order valence-corrected chi connectivity index (χ2v) is 3.30. The average molecular weight is 241 g/mol. The van der Waals surface area contributed by atoms with Crippen molar-refractivity contribution in [3.63, 3.8) is 0 Å². The summed E-state index contributed by atoms with van der Waals surface area (Å²) in [6.07, 6.45) is 2.92. The highest BCUT2D eigenvalue weighted by Crippen LogP contribution is 2.22. The van der Waals surface area contributed by atoms with E-state index in [1.54, 1.807) is 25.1 Å². The lowest BCUT2D eigenvalue weighted by Gasteiger charge is -2.04. The van der Waals surface area contributed by atoms with E-state index in [0.717, 1.165) is 0 Å². The minimum absolute atomic E-state index is 0.280. The molecule has 0 atom stereocenters. The molecule has 0 unspecified atom stereocenters. The second kappa shape index (κ2) is 6.90. The van der Waals surface area contributed by atoms with Crippen LogP contribution in [-0.4, -0.2) is 19.2 Å². The Balaban J connectivity index is 2.36. The fourth-order valence-electron chi connectivity index (χ4n) is 1.03. The number of esters is 1. The van der Waals surface area contributed by atoms with Gasteiger partial charge in [-0.05, 0) is 25.1 Å². The van der Waals surface area contributed by atoms with Crippen LogP contribution in [0.2, 0.25) is 5.02 Å². The summed E-state index contributed by atoms with van der Waals surface area (Å²) in [6, 6.07) is 7.16. The zero-order valence-electron chi connectivity index (χ0n) is 8.98. The number of para-hydroxylation sites is 1. The van der Waals surface area contributed by atoms with Crippen LogP contribution >= 0.6 is 11.6 Å². The predicted molar refractivity (Wildman–Crippen MR) is 62.7 cm³/mol. The van der Waals surface area contributed by atoms with Gasteiger partial charge in [0.15, 0.2) is 0 Å². The number of rotatable bonds is 5. The fraction of sp³-hybridized carbons (Fsp3) is 0.250. The van der Waals surface area contributed by atoms with Gasteiger partial charge in [-0.3, -0.25) is 0 Å². The Morgan fingerprint density at radius 1 is 1.44 bits per heavy atom. The number of ether oxygens (including phenoxy) is 2. The summed E-state index contributed by atoms with van der Waals surface area (Å²) in [5.74, 6) is 0.225. The zero-order chi connectivity index (χ0) is 11.8. The van der Waals surface area contributed by atoms with Crippen LogP contribution in [-0.2, 0) is 9.53 Å². The maximum atomic E-state index is 10.9. The van der Waals surface area contributed by atoms with E-state index in [1.165, 1.54) is 6.08 Å². The van der Waals surface area contributed by atoms with E-state index in [-0.39, 0.29) is 12.6 Å². The van der Waals surface area contributed by atoms with Crippen molar-refractivity contribution in [2.75, 3.05) is 13.2 Å². The molecular formula is C12H13ClO3. The van der Waals surface area contributed by atoms with E-state index in [9.17, 15) is 4.79 Å². The number of carbonyl (C=O) groups excluding carboxylic acids is 1. The Labute approximate surface area is 99.6 Å². The van der Waals surface area contributed by atoms with Crippen molar-refractivity contribution >= 4 is 17.6 Å². The first-order valence-electron chi connectivity index (χ1n) is 4.94. The van der Waals surface area contributed by atoms with Crippen LogP contribution < -0.4 is 4.74 Å². The Bertz CT molecular complexity index is 374. The number of hydrogen-bond acceptors (Lipinski definition) is 3. The fourth-order valence-corrected chi connectivity index (χ4v) is 1.22. The van der Waals surface area contributed by atoms with Crippen molar-refractivity contribution < 1.29 is 14.3 Å². The third kappa shape index (κ3) is 4.36. The van der Waals surface area contributed by atoms with Gasteiger partial charge in [-0.25, -0.2) is 4.79 Å². The van der Waals surface area contributed by atoms with Crippen molar-refractivity contribution in [1.82, 2.24) is 0 Å². The Kier molecular flexibility index (Phi) is 5.43. The lowest BCUT2D eigenvalue weighted by Crippen LogP contribution is -2.01. The maximum Gasteiger partial charge on any atom is 0.330 e. The van der Waals surface area contributed by atoms with Crippen LogP contribution in [0.5, 0.6) is 5.75 Å². The third-order valence-corrected chi connectivity index (χ3v) is 2.02. The average Bonchev–Trinajstić information content (AvgIpc) is 2.27. The third-order valence-electron chi connectivity index (χ3n) is 1.71. The summed E-state index contributed by atoms with van der Waals surface area (Å²) in [4.78, 5) is 10.9. The van der Waals surface area contributed by atoms with Crippen LogP contribution in [0.1, 0.15) is 6.92 Å². The van der Waals surface area contributed by atoms with Gasteiger partial charge in [0, 0.05) is 6.08 Å². The lowest BCUT2D eigenvalue weighted by atomic mass is 10.3. The van der Waals surface area contributed by atoms with Gasteiger partial charge in [-0.2, -0.15) is 0 Å². The molecule has 0 aliphatic heterocycles. The minimum Gasteiger partial charge on any atom is -0.488 e. The molecule has 4 heteroatoms. The van der Waals surface area contributed by atoms with Gasteiger partial charge in [0.25, 0.3) is 0 Å². The molecule has 0 N–H and O–H groups in total. The van der Waals surface area contributed by atoms with Gasteiger partial charge in [0.2, 0.25) is 0 Å². The molecular weight excluding hydrogens is 228 g/mol. The van der Waals surface area contributed by atoms with E-state index in [2.05, 4.69) is 0 Å². The molecule has 0 aliphatic carbocycles. The standard InChI is InChI=1S/C12H13ClO3/c1-2-15-12(14)8-5-9-16-11-7-4-3-6-10(11)13/h3-8H,2,9H2,1H3. The first-order valence-corrected chi connectivity index (χ1v) is 5.32. The van der Waals surface area contributed by atoms with Crippen molar-refractivity contribution in [3.05, 3.63) is 41.4 Å². The zero-order valence-corrected chi connectivity index (χ0v) is 9.74. The molecule has 16 heavy (non-hydrogen) atoms. The van der Waals surface area contributed by atoms with Gasteiger partial charge in [0.1, 0.15) is 12.4 Å². The lowest BCUT2D eigenvalue weighted by molar-refractivity contribution is -0.137. The van der Waals surface area contributed by atoms with E-state index < -0.39 is 0 Å². The summed E-state index contributed by atoms with van der Waals surface area (Å²) >= 11 is 5.87. The number of halogens is 1. The van der Waals surface area contributed by atoms with E-state index >= 15 is 0 Å². The first-order chi connectivity index (χ1) is 7.74. The van der Waals surface area contributed by atoms with Crippen LogP contribution in [0.15, 0.2) is 36.4 Å². The number of benzene rings is 1. The SMILES string of the molecule is CCOC(=O)C=CCOc1ccccc1Cl. The molecule has 0 fully saturated rings. The summed E-state index contributed by atoms with van der Waals surface area (Å²) in [5, 5.41) is 0.548. The van der Waals surface area contributed by atoms with Crippen molar-refractivity contribution in [2.24, 2.45) is 0 Å². The van der Waals surface area contributed by atoms with Gasteiger partial charge in [0.05, 0.1) is 11.6 Å².